The highest BCUT2D eigenvalue weighted by Gasteiger charge is 2.11. The van der Waals surface area contributed by atoms with Gasteiger partial charge in [0.05, 0.1) is 5.56 Å². The van der Waals surface area contributed by atoms with Gasteiger partial charge in [-0.25, -0.2) is 4.79 Å². The molecule has 0 spiro atoms. The molecule has 0 unspecified atom stereocenters. The van der Waals surface area contributed by atoms with Gasteiger partial charge in [-0.3, -0.25) is 4.79 Å². The van der Waals surface area contributed by atoms with Crippen LogP contribution in [0.2, 0.25) is 0 Å². The predicted molar refractivity (Wildman–Crippen MR) is 55.5 cm³/mol. The molecular weight excluding hydrogens is 248 g/mol. The summed E-state index contributed by atoms with van der Waals surface area (Å²) in [5.74, 6) is -1.06. The van der Waals surface area contributed by atoms with Crippen LogP contribution in [0.25, 0.3) is 0 Å². The van der Waals surface area contributed by atoms with Crippen molar-refractivity contribution in [2.24, 2.45) is 0 Å². The summed E-state index contributed by atoms with van der Waals surface area (Å²) in [6, 6.07) is 4.79. The lowest BCUT2D eigenvalue weighted by Gasteiger charge is -2.04. The van der Waals surface area contributed by atoms with E-state index in [1.54, 1.807) is 12.1 Å². The van der Waals surface area contributed by atoms with E-state index in [-0.39, 0.29) is 17.8 Å². The quantitative estimate of drug-likeness (QED) is 0.903. The number of hydrogen-bond donors (Lipinski definition) is 1. The number of benzene rings is 1. The van der Waals surface area contributed by atoms with Gasteiger partial charge in [0.15, 0.2) is 0 Å². The molecule has 1 aromatic rings. The van der Waals surface area contributed by atoms with Gasteiger partial charge in [-0.1, -0.05) is 15.9 Å². The Labute approximate surface area is 89.9 Å². The third kappa shape index (κ3) is 2.67. The Morgan fingerprint density at radius 3 is 2.57 bits per heavy atom. The lowest BCUT2D eigenvalue weighted by atomic mass is 10.0. The molecule has 0 amide bonds. The summed E-state index contributed by atoms with van der Waals surface area (Å²) in [6.45, 7) is 1.44. The van der Waals surface area contributed by atoms with Crippen molar-refractivity contribution in [3.8, 4) is 0 Å². The first-order valence-electron chi connectivity index (χ1n) is 4.02. The molecule has 0 aliphatic rings. The molecule has 1 rings (SSSR count). The highest BCUT2D eigenvalue weighted by atomic mass is 79.9. The van der Waals surface area contributed by atoms with Crippen LogP contribution in [0.1, 0.15) is 22.8 Å². The monoisotopic (exact) mass is 256 g/mol. The number of aromatic carboxylic acids is 1. The number of carboxylic acids is 1. The number of carbonyl (C=O) groups excluding carboxylic acids is 1. The van der Waals surface area contributed by atoms with Crippen molar-refractivity contribution in [2.45, 2.75) is 13.3 Å². The number of ketones is 1. The topological polar surface area (TPSA) is 54.4 Å². The summed E-state index contributed by atoms with van der Waals surface area (Å²) in [5.41, 5.74) is 0.725. The van der Waals surface area contributed by atoms with Crippen molar-refractivity contribution in [3.05, 3.63) is 33.8 Å². The number of hydrogen-bond acceptors (Lipinski definition) is 2. The van der Waals surface area contributed by atoms with Gasteiger partial charge in [-0.2, -0.15) is 0 Å². The Hall–Kier alpha value is -1.16. The first-order valence-corrected chi connectivity index (χ1v) is 4.81. The summed E-state index contributed by atoms with van der Waals surface area (Å²) >= 11 is 3.23. The van der Waals surface area contributed by atoms with Gasteiger partial charge in [-0.05, 0) is 30.7 Å². The summed E-state index contributed by atoms with van der Waals surface area (Å²) in [7, 11) is 0. The lowest BCUT2D eigenvalue weighted by molar-refractivity contribution is -0.116. The number of rotatable bonds is 3. The summed E-state index contributed by atoms with van der Waals surface area (Å²) in [6.07, 6.45) is 0.154. The van der Waals surface area contributed by atoms with Crippen molar-refractivity contribution >= 4 is 27.7 Å². The van der Waals surface area contributed by atoms with Gasteiger partial charge in [0.1, 0.15) is 5.78 Å². The normalized spacial score (nSPS) is 9.86. The molecule has 0 aromatic heterocycles. The van der Waals surface area contributed by atoms with E-state index >= 15 is 0 Å². The largest absolute Gasteiger partial charge is 0.478 e. The average molecular weight is 257 g/mol. The van der Waals surface area contributed by atoms with Crippen LogP contribution in [0, 0.1) is 0 Å². The smallest absolute Gasteiger partial charge is 0.335 e. The van der Waals surface area contributed by atoms with E-state index in [0.29, 0.717) is 5.56 Å². The highest BCUT2D eigenvalue weighted by Crippen LogP contribution is 2.17. The van der Waals surface area contributed by atoms with Crippen LogP contribution >= 0.6 is 15.9 Å². The number of carbonyl (C=O) groups is 2. The maximum Gasteiger partial charge on any atom is 0.335 e. The molecule has 0 saturated heterocycles. The molecule has 0 aliphatic carbocycles. The molecular formula is C10H9BrO3. The Morgan fingerprint density at radius 2 is 2.07 bits per heavy atom. The molecule has 0 fully saturated rings. The Morgan fingerprint density at radius 1 is 1.43 bits per heavy atom. The van der Waals surface area contributed by atoms with Gasteiger partial charge in [0.25, 0.3) is 0 Å². The van der Waals surface area contributed by atoms with Crippen LogP contribution in [0.4, 0.5) is 0 Å². The summed E-state index contributed by atoms with van der Waals surface area (Å²) < 4.78 is 0.777. The van der Waals surface area contributed by atoms with Crippen LogP contribution in [0.3, 0.4) is 0 Å². The molecule has 1 aromatic carbocycles. The van der Waals surface area contributed by atoms with Crippen LogP contribution in [0.15, 0.2) is 22.7 Å². The lowest BCUT2D eigenvalue weighted by Crippen LogP contribution is -2.06. The number of carboxylic acid groups (broad SMARTS) is 1. The minimum Gasteiger partial charge on any atom is -0.478 e. The van der Waals surface area contributed by atoms with E-state index in [4.69, 9.17) is 5.11 Å². The molecule has 14 heavy (non-hydrogen) atoms. The molecule has 0 atom stereocenters. The van der Waals surface area contributed by atoms with Gasteiger partial charge >= 0.3 is 5.97 Å². The van der Waals surface area contributed by atoms with Crippen LogP contribution in [-0.4, -0.2) is 16.9 Å². The van der Waals surface area contributed by atoms with Crippen LogP contribution < -0.4 is 0 Å². The zero-order valence-electron chi connectivity index (χ0n) is 7.58. The second-order valence-electron chi connectivity index (χ2n) is 2.99. The average Bonchev–Trinajstić information content (AvgIpc) is 2.01. The van der Waals surface area contributed by atoms with Crippen LogP contribution in [0.5, 0.6) is 0 Å². The van der Waals surface area contributed by atoms with Crippen molar-refractivity contribution in [1.29, 1.82) is 0 Å². The van der Waals surface area contributed by atoms with Gasteiger partial charge in [0.2, 0.25) is 0 Å². The Kier molecular flexibility index (Phi) is 3.41. The van der Waals surface area contributed by atoms with Crippen molar-refractivity contribution < 1.29 is 14.7 Å². The molecule has 0 radical (unpaired) electrons. The molecule has 1 N–H and O–H groups in total. The van der Waals surface area contributed by atoms with Gasteiger partial charge in [0, 0.05) is 10.9 Å². The second-order valence-corrected chi connectivity index (χ2v) is 3.90. The molecule has 4 heteroatoms. The standard InChI is InChI=1S/C10H9BrO3/c1-6(12)4-7-5-8(11)2-3-9(7)10(13)14/h2-3,5H,4H2,1H3,(H,13,14). The zero-order valence-corrected chi connectivity index (χ0v) is 9.17. The minimum absolute atomic E-state index is 0.0504. The maximum atomic E-state index is 10.9. The SMILES string of the molecule is CC(=O)Cc1cc(Br)ccc1C(=O)O. The molecule has 74 valence electrons. The Balaban J connectivity index is 3.15. The van der Waals surface area contributed by atoms with E-state index in [0.717, 1.165) is 4.47 Å². The van der Waals surface area contributed by atoms with E-state index in [2.05, 4.69) is 15.9 Å². The van der Waals surface area contributed by atoms with Gasteiger partial charge in [-0.15, -0.1) is 0 Å². The second kappa shape index (κ2) is 4.37. The van der Waals surface area contributed by atoms with Crippen LogP contribution in [-0.2, 0) is 11.2 Å². The summed E-state index contributed by atoms with van der Waals surface area (Å²) in [4.78, 5) is 21.7. The third-order valence-corrected chi connectivity index (χ3v) is 2.23. The van der Waals surface area contributed by atoms with E-state index in [1.165, 1.54) is 13.0 Å². The molecule has 0 aliphatic heterocycles. The highest BCUT2D eigenvalue weighted by molar-refractivity contribution is 9.10. The number of Topliss-reactive ketones (excluding diaryl/α,β-unsaturated/α-hetero) is 1. The van der Waals surface area contributed by atoms with E-state index in [9.17, 15) is 9.59 Å². The first kappa shape index (κ1) is 10.9. The van der Waals surface area contributed by atoms with E-state index < -0.39 is 5.97 Å². The first-order chi connectivity index (χ1) is 6.50. The Bertz CT molecular complexity index is 385. The number of halogens is 1. The maximum absolute atomic E-state index is 10.9. The van der Waals surface area contributed by atoms with Crippen molar-refractivity contribution in [1.82, 2.24) is 0 Å². The fourth-order valence-electron chi connectivity index (χ4n) is 1.19. The molecule has 3 nitrogen and oxygen atoms in total. The molecule has 0 saturated carbocycles. The fraction of sp³-hybridized carbons (Fsp3) is 0.200. The fourth-order valence-corrected chi connectivity index (χ4v) is 1.59. The van der Waals surface area contributed by atoms with Crippen molar-refractivity contribution in [2.75, 3.05) is 0 Å². The zero-order chi connectivity index (χ0) is 10.7. The molecule has 0 bridgehead atoms. The molecule has 0 heterocycles. The van der Waals surface area contributed by atoms with Crippen molar-refractivity contribution in [3.63, 3.8) is 0 Å². The predicted octanol–water partition coefficient (Wildman–Crippen LogP) is 2.28. The minimum atomic E-state index is -1.01. The van der Waals surface area contributed by atoms with E-state index in [1.807, 2.05) is 0 Å². The summed E-state index contributed by atoms with van der Waals surface area (Å²) in [5, 5.41) is 8.84. The van der Waals surface area contributed by atoms with Gasteiger partial charge < -0.3 is 5.11 Å². The third-order valence-electron chi connectivity index (χ3n) is 1.74.